The fourth-order valence-electron chi connectivity index (χ4n) is 3.81. The van der Waals surface area contributed by atoms with E-state index in [9.17, 15) is 13.2 Å². The molecule has 0 aliphatic carbocycles. The predicted molar refractivity (Wildman–Crippen MR) is 115 cm³/mol. The van der Waals surface area contributed by atoms with E-state index in [2.05, 4.69) is 5.32 Å². The van der Waals surface area contributed by atoms with E-state index in [4.69, 9.17) is 16.0 Å². The van der Waals surface area contributed by atoms with Crippen molar-refractivity contribution in [2.75, 3.05) is 23.4 Å². The number of nitrogens with zero attached hydrogens (tertiary/aromatic N) is 1. The second-order valence-electron chi connectivity index (χ2n) is 7.36. The van der Waals surface area contributed by atoms with Crippen LogP contribution in [-0.2, 0) is 34.0 Å². The second kappa shape index (κ2) is 9.32. The topological polar surface area (TPSA) is 79.6 Å². The van der Waals surface area contributed by atoms with Crippen LogP contribution in [0.3, 0.4) is 0 Å². The van der Waals surface area contributed by atoms with Crippen molar-refractivity contribution in [3.05, 3.63) is 52.4 Å². The molecule has 1 aliphatic heterocycles. The summed E-state index contributed by atoms with van der Waals surface area (Å²) in [6.45, 7) is 4.50. The van der Waals surface area contributed by atoms with Crippen LogP contribution in [0.4, 0.5) is 5.69 Å². The van der Waals surface area contributed by atoms with Gasteiger partial charge in [-0.2, -0.15) is 0 Å². The van der Waals surface area contributed by atoms with E-state index in [1.165, 1.54) is 0 Å². The lowest BCUT2D eigenvalue weighted by molar-refractivity contribution is -0.118. The molecule has 0 saturated carbocycles. The Morgan fingerprint density at radius 1 is 1.28 bits per heavy atom. The minimum absolute atomic E-state index is 0.0680. The molecule has 1 aromatic carbocycles. The van der Waals surface area contributed by atoms with Gasteiger partial charge in [0.2, 0.25) is 5.91 Å². The van der Waals surface area contributed by atoms with Crippen molar-refractivity contribution in [1.82, 2.24) is 4.90 Å². The molecule has 1 atom stereocenters. The SMILES string of the molecule is CCc1ccc(Cl)c(CC)c1NC(=O)CN(Cc1ccco1)C1CCS(=O)(=O)C1. The third-order valence-corrected chi connectivity index (χ3v) is 7.46. The first-order chi connectivity index (χ1) is 13.8. The zero-order valence-electron chi connectivity index (χ0n) is 16.8. The number of hydrogen-bond acceptors (Lipinski definition) is 5. The van der Waals surface area contributed by atoms with E-state index in [1.54, 1.807) is 12.3 Å². The molecule has 2 heterocycles. The molecular weight excluding hydrogens is 412 g/mol. The molecule has 1 fully saturated rings. The quantitative estimate of drug-likeness (QED) is 0.679. The van der Waals surface area contributed by atoms with E-state index >= 15 is 0 Å². The number of furan rings is 1. The van der Waals surface area contributed by atoms with Gasteiger partial charge in [0.25, 0.3) is 0 Å². The monoisotopic (exact) mass is 438 g/mol. The van der Waals surface area contributed by atoms with Crippen LogP contribution in [0, 0.1) is 0 Å². The van der Waals surface area contributed by atoms with Gasteiger partial charge in [0.1, 0.15) is 5.76 Å². The summed E-state index contributed by atoms with van der Waals surface area (Å²) in [4.78, 5) is 14.8. The van der Waals surface area contributed by atoms with E-state index in [0.29, 0.717) is 30.2 Å². The van der Waals surface area contributed by atoms with Crippen molar-refractivity contribution in [1.29, 1.82) is 0 Å². The molecule has 1 unspecified atom stereocenters. The number of nitrogens with one attached hydrogen (secondary N) is 1. The summed E-state index contributed by atoms with van der Waals surface area (Å²) in [7, 11) is -3.06. The zero-order valence-corrected chi connectivity index (χ0v) is 18.4. The molecule has 0 bridgehead atoms. The predicted octanol–water partition coefficient (Wildman–Crippen LogP) is 3.69. The summed E-state index contributed by atoms with van der Waals surface area (Å²) in [6.07, 6.45) is 3.58. The Labute approximate surface area is 177 Å². The van der Waals surface area contributed by atoms with Crippen LogP contribution >= 0.6 is 11.6 Å². The summed E-state index contributed by atoms with van der Waals surface area (Å²) >= 11 is 6.34. The van der Waals surface area contributed by atoms with Gasteiger partial charge in [0, 0.05) is 16.8 Å². The smallest absolute Gasteiger partial charge is 0.238 e. The molecule has 29 heavy (non-hydrogen) atoms. The largest absolute Gasteiger partial charge is 0.468 e. The van der Waals surface area contributed by atoms with Gasteiger partial charge in [-0.1, -0.05) is 31.5 Å². The Balaban J connectivity index is 1.79. The van der Waals surface area contributed by atoms with E-state index in [0.717, 1.165) is 23.2 Å². The Morgan fingerprint density at radius 2 is 2.07 bits per heavy atom. The van der Waals surface area contributed by atoms with Crippen molar-refractivity contribution in [2.45, 2.75) is 45.7 Å². The van der Waals surface area contributed by atoms with Crippen LogP contribution in [0.25, 0.3) is 0 Å². The van der Waals surface area contributed by atoms with Crippen LogP contribution in [0.1, 0.15) is 37.2 Å². The number of halogens is 1. The molecule has 1 aromatic heterocycles. The Bertz CT molecular complexity index is 957. The lowest BCUT2D eigenvalue weighted by Crippen LogP contribution is -2.41. The Kier molecular flexibility index (Phi) is 7.03. The van der Waals surface area contributed by atoms with Gasteiger partial charge in [-0.25, -0.2) is 8.42 Å². The van der Waals surface area contributed by atoms with Gasteiger partial charge in [-0.3, -0.25) is 9.69 Å². The van der Waals surface area contributed by atoms with Gasteiger partial charge in [0.05, 0.1) is 30.9 Å². The fourth-order valence-corrected chi connectivity index (χ4v) is 5.86. The fraction of sp³-hybridized carbons (Fsp3) is 0.476. The number of benzene rings is 1. The minimum Gasteiger partial charge on any atom is -0.468 e. The van der Waals surface area contributed by atoms with E-state index in [1.807, 2.05) is 36.9 Å². The first kappa shape index (κ1) is 21.9. The maximum Gasteiger partial charge on any atom is 0.238 e. The van der Waals surface area contributed by atoms with Crippen LogP contribution in [-0.4, -0.2) is 43.3 Å². The molecule has 1 N–H and O–H groups in total. The lowest BCUT2D eigenvalue weighted by Gasteiger charge is -2.27. The number of aryl methyl sites for hydroxylation is 1. The van der Waals surface area contributed by atoms with Crippen molar-refractivity contribution in [3.63, 3.8) is 0 Å². The first-order valence-corrected chi connectivity index (χ1v) is 12.1. The third kappa shape index (κ3) is 5.41. The maximum absolute atomic E-state index is 12.9. The molecule has 2 aromatic rings. The van der Waals surface area contributed by atoms with E-state index in [-0.39, 0.29) is 30.0 Å². The third-order valence-electron chi connectivity index (χ3n) is 5.35. The molecule has 1 saturated heterocycles. The van der Waals surface area contributed by atoms with Crippen molar-refractivity contribution in [3.8, 4) is 0 Å². The van der Waals surface area contributed by atoms with Crippen LogP contribution in [0.5, 0.6) is 0 Å². The molecule has 1 amide bonds. The number of sulfone groups is 1. The highest BCUT2D eigenvalue weighted by molar-refractivity contribution is 7.91. The standard InChI is InChI=1S/C21H27ClN2O4S/c1-3-15-7-8-19(22)18(4-2)21(15)23-20(25)13-24(12-17-6-5-10-28-17)16-9-11-29(26,27)14-16/h5-8,10,16H,3-4,9,11-14H2,1-2H3,(H,23,25). The summed E-state index contributed by atoms with van der Waals surface area (Å²) in [5, 5.41) is 3.66. The van der Waals surface area contributed by atoms with Gasteiger partial charge >= 0.3 is 0 Å². The van der Waals surface area contributed by atoms with Crippen LogP contribution in [0.2, 0.25) is 5.02 Å². The summed E-state index contributed by atoms with van der Waals surface area (Å²) in [5.41, 5.74) is 2.71. The van der Waals surface area contributed by atoms with Crippen molar-refractivity contribution >= 4 is 33.0 Å². The summed E-state index contributed by atoms with van der Waals surface area (Å²) < 4.78 is 29.4. The lowest BCUT2D eigenvalue weighted by atomic mass is 10.0. The molecular formula is C21H27ClN2O4S. The molecule has 158 valence electrons. The van der Waals surface area contributed by atoms with Gasteiger partial charge in [0.15, 0.2) is 9.84 Å². The van der Waals surface area contributed by atoms with Crippen LogP contribution in [0.15, 0.2) is 34.9 Å². The number of carbonyl (C=O) groups is 1. The molecule has 1 aliphatic rings. The van der Waals surface area contributed by atoms with Crippen LogP contribution < -0.4 is 5.32 Å². The average Bonchev–Trinajstić information content (AvgIpc) is 3.30. The van der Waals surface area contributed by atoms with Crippen molar-refractivity contribution < 1.29 is 17.6 Å². The maximum atomic E-state index is 12.9. The van der Waals surface area contributed by atoms with E-state index < -0.39 is 9.84 Å². The Hall–Kier alpha value is -1.83. The second-order valence-corrected chi connectivity index (χ2v) is 9.99. The molecule has 6 nitrogen and oxygen atoms in total. The van der Waals surface area contributed by atoms with Gasteiger partial charge in [-0.15, -0.1) is 0 Å². The average molecular weight is 439 g/mol. The molecule has 3 rings (SSSR count). The molecule has 0 spiro atoms. The van der Waals surface area contributed by atoms with Gasteiger partial charge < -0.3 is 9.73 Å². The highest BCUT2D eigenvalue weighted by Crippen LogP contribution is 2.30. The Morgan fingerprint density at radius 3 is 2.66 bits per heavy atom. The molecule has 8 heteroatoms. The number of rotatable bonds is 8. The number of anilines is 1. The summed E-state index contributed by atoms with van der Waals surface area (Å²) in [5.74, 6) is 0.738. The molecule has 0 radical (unpaired) electrons. The minimum atomic E-state index is -3.06. The summed E-state index contributed by atoms with van der Waals surface area (Å²) in [6, 6.07) is 7.20. The number of amides is 1. The normalized spacial score (nSPS) is 18.3. The highest BCUT2D eigenvalue weighted by atomic mass is 35.5. The number of hydrogen-bond donors (Lipinski definition) is 1. The van der Waals surface area contributed by atoms with Crippen molar-refractivity contribution in [2.24, 2.45) is 0 Å². The first-order valence-electron chi connectivity index (χ1n) is 9.90. The number of carbonyl (C=O) groups excluding carboxylic acids is 1. The zero-order chi connectivity index (χ0) is 21.0. The van der Waals surface area contributed by atoms with Gasteiger partial charge in [-0.05, 0) is 48.6 Å². The highest BCUT2D eigenvalue weighted by Gasteiger charge is 2.33.